The molecule has 2 aromatic rings. The second-order valence-corrected chi connectivity index (χ2v) is 8.99. The standard InChI is InChI=1S/C28H36O6/c1-2-3-4-5-6-13-18-30-28-26(32-20-22-16-11-8-12-17-22)24-23(34-28)25(27(29)33-24)31-19-21-14-9-7-10-15-21/h7-12,14-17,23-26,28H,2-6,13,18-20H2,1H3/t23-,24-,25-,26+,28+/m0/s1. The van der Waals surface area contributed by atoms with E-state index in [2.05, 4.69) is 6.92 Å². The minimum absolute atomic E-state index is 0.312. The lowest BCUT2D eigenvalue weighted by molar-refractivity contribution is -0.202. The maximum atomic E-state index is 12.6. The highest BCUT2D eigenvalue weighted by molar-refractivity contribution is 5.78. The molecule has 0 radical (unpaired) electrons. The monoisotopic (exact) mass is 468 g/mol. The fraction of sp³-hybridized carbons (Fsp3) is 0.536. The number of unbranched alkanes of at least 4 members (excludes halogenated alkanes) is 5. The summed E-state index contributed by atoms with van der Waals surface area (Å²) in [7, 11) is 0. The van der Waals surface area contributed by atoms with Gasteiger partial charge in [-0.25, -0.2) is 4.79 Å². The third-order valence-corrected chi connectivity index (χ3v) is 6.33. The lowest BCUT2D eigenvalue weighted by Gasteiger charge is -2.23. The Balaban J connectivity index is 1.35. The Kier molecular flexibility index (Phi) is 9.51. The van der Waals surface area contributed by atoms with Crippen LogP contribution < -0.4 is 0 Å². The fourth-order valence-corrected chi connectivity index (χ4v) is 4.44. The summed E-state index contributed by atoms with van der Waals surface area (Å²) in [6.07, 6.45) is 4.11. The molecule has 2 aromatic carbocycles. The summed E-state index contributed by atoms with van der Waals surface area (Å²) in [6, 6.07) is 19.7. The molecule has 0 saturated carbocycles. The van der Waals surface area contributed by atoms with Crippen LogP contribution in [0, 0.1) is 0 Å². The number of hydrogen-bond acceptors (Lipinski definition) is 6. The third-order valence-electron chi connectivity index (χ3n) is 6.33. The van der Waals surface area contributed by atoms with Crippen LogP contribution in [0.2, 0.25) is 0 Å². The Hall–Kier alpha value is -2.25. The number of benzene rings is 2. The first-order valence-electron chi connectivity index (χ1n) is 12.5. The molecule has 6 nitrogen and oxygen atoms in total. The molecule has 0 spiro atoms. The smallest absolute Gasteiger partial charge is 0.338 e. The average molecular weight is 469 g/mol. The summed E-state index contributed by atoms with van der Waals surface area (Å²) >= 11 is 0. The molecule has 0 N–H and O–H groups in total. The molecule has 0 aromatic heterocycles. The van der Waals surface area contributed by atoms with Crippen LogP contribution in [-0.2, 0) is 41.7 Å². The first kappa shape index (κ1) is 24.9. The van der Waals surface area contributed by atoms with E-state index in [0.29, 0.717) is 19.8 Å². The zero-order chi connectivity index (χ0) is 23.6. The Morgan fingerprint density at radius 2 is 1.35 bits per heavy atom. The number of fused-ring (bicyclic) bond motifs is 1. The van der Waals surface area contributed by atoms with E-state index in [-0.39, 0.29) is 0 Å². The van der Waals surface area contributed by atoms with Crippen molar-refractivity contribution in [3.05, 3.63) is 71.8 Å². The highest BCUT2D eigenvalue weighted by Gasteiger charge is 2.59. The second-order valence-electron chi connectivity index (χ2n) is 8.99. The Morgan fingerprint density at radius 3 is 2.03 bits per heavy atom. The minimum Gasteiger partial charge on any atom is -0.454 e. The van der Waals surface area contributed by atoms with Crippen molar-refractivity contribution in [3.8, 4) is 0 Å². The van der Waals surface area contributed by atoms with Crippen LogP contribution in [0.25, 0.3) is 0 Å². The van der Waals surface area contributed by atoms with Gasteiger partial charge in [-0.05, 0) is 17.5 Å². The van der Waals surface area contributed by atoms with Gasteiger partial charge >= 0.3 is 5.97 Å². The zero-order valence-electron chi connectivity index (χ0n) is 20.0. The van der Waals surface area contributed by atoms with E-state index >= 15 is 0 Å². The van der Waals surface area contributed by atoms with Gasteiger partial charge in [0.2, 0.25) is 0 Å². The number of rotatable bonds is 14. The fourth-order valence-electron chi connectivity index (χ4n) is 4.44. The van der Waals surface area contributed by atoms with Crippen molar-refractivity contribution in [2.24, 2.45) is 0 Å². The van der Waals surface area contributed by atoms with E-state index in [0.717, 1.165) is 24.0 Å². The van der Waals surface area contributed by atoms with Crippen LogP contribution in [0.4, 0.5) is 0 Å². The van der Waals surface area contributed by atoms with E-state index in [1.807, 2.05) is 60.7 Å². The van der Waals surface area contributed by atoms with Gasteiger partial charge in [0.15, 0.2) is 18.5 Å². The number of esters is 1. The van der Waals surface area contributed by atoms with Gasteiger partial charge in [0.25, 0.3) is 0 Å². The molecule has 5 atom stereocenters. The Morgan fingerprint density at radius 1 is 0.735 bits per heavy atom. The van der Waals surface area contributed by atoms with Crippen molar-refractivity contribution in [1.29, 1.82) is 0 Å². The van der Waals surface area contributed by atoms with Gasteiger partial charge in [-0.2, -0.15) is 0 Å². The number of ether oxygens (including phenoxy) is 5. The quantitative estimate of drug-likeness (QED) is 0.281. The topological polar surface area (TPSA) is 63.2 Å². The van der Waals surface area contributed by atoms with Crippen LogP contribution >= 0.6 is 0 Å². The first-order chi connectivity index (χ1) is 16.8. The highest BCUT2D eigenvalue weighted by atomic mass is 16.7. The maximum absolute atomic E-state index is 12.6. The van der Waals surface area contributed by atoms with Gasteiger partial charge in [-0.3, -0.25) is 0 Å². The van der Waals surface area contributed by atoms with Crippen LogP contribution in [-0.4, -0.2) is 43.3 Å². The molecular weight excluding hydrogens is 432 g/mol. The molecule has 2 aliphatic heterocycles. The first-order valence-corrected chi connectivity index (χ1v) is 12.5. The SMILES string of the molecule is CCCCCCCCO[C@@H]1O[C@H]2[C@H](OC(=O)[C@H]2OCc2ccccc2)[C@H]1OCc1ccccc1. The molecule has 0 unspecified atom stereocenters. The number of hydrogen-bond donors (Lipinski definition) is 0. The predicted octanol–water partition coefficient (Wildman–Crippen LogP) is 5.18. The number of carbonyl (C=O) groups is 1. The highest BCUT2D eigenvalue weighted by Crippen LogP contribution is 2.36. The molecule has 34 heavy (non-hydrogen) atoms. The molecule has 2 heterocycles. The summed E-state index contributed by atoms with van der Waals surface area (Å²) in [5, 5.41) is 0. The molecule has 0 bridgehead atoms. The average Bonchev–Trinajstić information content (AvgIpc) is 3.35. The minimum atomic E-state index is -0.796. The maximum Gasteiger partial charge on any atom is 0.338 e. The van der Waals surface area contributed by atoms with Crippen molar-refractivity contribution < 1.29 is 28.5 Å². The van der Waals surface area contributed by atoms with Gasteiger partial charge < -0.3 is 23.7 Å². The van der Waals surface area contributed by atoms with Crippen LogP contribution in [0.3, 0.4) is 0 Å². The third kappa shape index (κ3) is 6.66. The summed E-state index contributed by atoms with van der Waals surface area (Å²) in [6.45, 7) is 3.51. The van der Waals surface area contributed by atoms with Crippen molar-refractivity contribution in [3.63, 3.8) is 0 Å². The molecule has 2 fully saturated rings. The molecule has 4 rings (SSSR count). The van der Waals surface area contributed by atoms with Crippen LogP contribution in [0.1, 0.15) is 56.6 Å². The summed E-state index contributed by atoms with van der Waals surface area (Å²) < 4.78 is 30.1. The number of carbonyl (C=O) groups excluding carboxylic acids is 1. The Bertz CT molecular complexity index is 858. The van der Waals surface area contributed by atoms with Crippen molar-refractivity contribution in [2.45, 2.75) is 89.4 Å². The summed E-state index contributed by atoms with van der Waals surface area (Å²) in [5.41, 5.74) is 2.03. The lowest BCUT2D eigenvalue weighted by atomic mass is 10.1. The van der Waals surface area contributed by atoms with Gasteiger partial charge in [-0.1, -0.05) is 99.7 Å². The Labute approximate surface area is 202 Å². The van der Waals surface area contributed by atoms with Gasteiger partial charge in [0, 0.05) is 6.61 Å². The van der Waals surface area contributed by atoms with E-state index < -0.39 is 36.7 Å². The van der Waals surface area contributed by atoms with Gasteiger partial charge in [0.05, 0.1) is 13.2 Å². The van der Waals surface area contributed by atoms with E-state index in [1.54, 1.807) is 0 Å². The van der Waals surface area contributed by atoms with Gasteiger partial charge in [0.1, 0.15) is 12.2 Å². The second kappa shape index (κ2) is 13.0. The summed E-state index contributed by atoms with van der Waals surface area (Å²) in [5.74, 6) is -0.409. The van der Waals surface area contributed by atoms with E-state index in [4.69, 9.17) is 23.7 Å². The molecule has 6 heteroatoms. The molecular formula is C28H36O6. The molecule has 2 aliphatic rings. The molecule has 184 valence electrons. The van der Waals surface area contributed by atoms with Crippen molar-refractivity contribution >= 4 is 5.97 Å². The van der Waals surface area contributed by atoms with Gasteiger partial charge in [-0.15, -0.1) is 0 Å². The molecule has 0 amide bonds. The van der Waals surface area contributed by atoms with Crippen molar-refractivity contribution in [1.82, 2.24) is 0 Å². The van der Waals surface area contributed by atoms with E-state index in [9.17, 15) is 4.79 Å². The lowest BCUT2D eigenvalue weighted by Crippen LogP contribution is -2.36. The largest absolute Gasteiger partial charge is 0.454 e. The molecule has 0 aliphatic carbocycles. The predicted molar refractivity (Wildman–Crippen MR) is 128 cm³/mol. The normalized spacial score (nSPS) is 25.9. The van der Waals surface area contributed by atoms with Crippen LogP contribution in [0.5, 0.6) is 0 Å². The molecule has 2 saturated heterocycles. The van der Waals surface area contributed by atoms with Crippen LogP contribution in [0.15, 0.2) is 60.7 Å². The zero-order valence-corrected chi connectivity index (χ0v) is 20.0. The van der Waals surface area contributed by atoms with Crippen molar-refractivity contribution in [2.75, 3.05) is 6.61 Å². The van der Waals surface area contributed by atoms with E-state index in [1.165, 1.54) is 25.7 Å². The summed E-state index contributed by atoms with van der Waals surface area (Å²) in [4.78, 5) is 12.6.